The van der Waals surface area contributed by atoms with E-state index in [1.165, 1.54) is 10.6 Å². The molecule has 0 aliphatic heterocycles. The van der Waals surface area contributed by atoms with Crippen molar-refractivity contribution in [3.05, 3.63) is 11.3 Å². The molecule has 0 aromatic carbocycles. The predicted molar refractivity (Wildman–Crippen MR) is 81.8 cm³/mol. The minimum atomic E-state index is -3.14. The molecule has 1 aromatic heterocycles. The molecule has 20 heavy (non-hydrogen) atoms. The Morgan fingerprint density at radius 3 is 2.25 bits per heavy atom. The fourth-order valence-electron chi connectivity index (χ4n) is 1.48. The monoisotopic (exact) mass is 301 g/mol. The van der Waals surface area contributed by atoms with Crippen LogP contribution in [-0.2, 0) is 10.0 Å². The Morgan fingerprint density at radius 1 is 1.15 bits per heavy atom. The number of hydrogen-bond donors (Lipinski definition) is 1. The van der Waals surface area contributed by atoms with Crippen LogP contribution in [0.4, 0.5) is 11.8 Å². The van der Waals surface area contributed by atoms with Crippen molar-refractivity contribution < 1.29 is 8.42 Å². The van der Waals surface area contributed by atoms with E-state index in [0.717, 1.165) is 17.1 Å². The van der Waals surface area contributed by atoms with Gasteiger partial charge < -0.3 is 10.2 Å². The van der Waals surface area contributed by atoms with Gasteiger partial charge in [-0.2, -0.15) is 4.98 Å². The van der Waals surface area contributed by atoms with Crippen LogP contribution in [0, 0.1) is 13.8 Å². The Labute approximate surface area is 121 Å². The van der Waals surface area contributed by atoms with Gasteiger partial charge in [-0.25, -0.2) is 17.7 Å². The highest BCUT2D eigenvalue weighted by Crippen LogP contribution is 2.17. The van der Waals surface area contributed by atoms with Crippen molar-refractivity contribution in [1.82, 2.24) is 14.3 Å². The molecule has 0 bridgehead atoms. The standard InChI is InChI=1S/C12H23N5O2S/c1-9-10(2)14-12(16(3)4)15-11(9)13-7-8-17(5)20(6,18)19/h7-8H2,1-6H3,(H,13,14,15). The fraction of sp³-hybridized carbons (Fsp3) is 0.667. The third kappa shape index (κ3) is 4.31. The molecule has 0 aliphatic carbocycles. The normalized spacial score (nSPS) is 11.8. The zero-order valence-electron chi connectivity index (χ0n) is 12.9. The first-order chi connectivity index (χ1) is 9.12. The summed E-state index contributed by atoms with van der Waals surface area (Å²) in [5, 5.41) is 3.17. The van der Waals surface area contributed by atoms with Gasteiger partial charge in [-0.05, 0) is 13.8 Å². The van der Waals surface area contributed by atoms with Crippen molar-refractivity contribution in [2.75, 3.05) is 50.7 Å². The van der Waals surface area contributed by atoms with Crippen LogP contribution in [0.25, 0.3) is 0 Å². The van der Waals surface area contributed by atoms with Gasteiger partial charge in [-0.15, -0.1) is 0 Å². The third-order valence-electron chi connectivity index (χ3n) is 3.06. The highest BCUT2D eigenvalue weighted by Gasteiger charge is 2.12. The molecule has 0 aliphatic rings. The number of anilines is 2. The number of likely N-dealkylation sites (N-methyl/N-ethyl adjacent to an activating group) is 1. The maximum absolute atomic E-state index is 11.3. The molecule has 0 fully saturated rings. The minimum Gasteiger partial charge on any atom is -0.368 e. The molecule has 0 saturated carbocycles. The Kier molecular flexibility index (Phi) is 5.29. The van der Waals surface area contributed by atoms with Gasteiger partial charge >= 0.3 is 0 Å². The third-order valence-corrected chi connectivity index (χ3v) is 4.38. The number of nitrogens with zero attached hydrogens (tertiary/aromatic N) is 4. The van der Waals surface area contributed by atoms with Gasteiger partial charge in [0, 0.05) is 45.5 Å². The molecular weight excluding hydrogens is 278 g/mol. The quantitative estimate of drug-likeness (QED) is 0.822. The topological polar surface area (TPSA) is 78.4 Å². The number of rotatable bonds is 6. The van der Waals surface area contributed by atoms with E-state index in [1.807, 2.05) is 32.8 Å². The second kappa shape index (κ2) is 6.36. The summed E-state index contributed by atoms with van der Waals surface area (Å²) in [5.74, 6) is 1.37. The van der Waals surface area contributed by atoms with Crippen LogP contribution in [-0.4, -0.2) is 63.2 Å². The summed E-state index contributed by atoms with van der Waals surface area (Å²) in [6.07, 6.45) is 1.19. The lowest BCUT2D eigenvalue weighted by Crippen LogP contribution is -2.30. The van der Waals surface area contributed by atoms with Gasteiger partial charge in [0.1, 0.15) is 5.82 Å². The fourth-order valence-corrected chi connectivity index (χ4v) is 1.91. The first kappa shape index (κ1) is 16.6. The van der Waals surface area contributed by atoms with Gasteiger partial charge in [0.05, 0.1) is 6.26 Å². The average Bonchev–Trinajstić information content (AvgIpc) is 2.32. The van der Waals surface area contributed by atoms with Gasteiger partial charge in [0.15, 0.2) is 0 Å². The summed E-state index contributed by atoms with van der Waals surface area (Å²) in [6, 6.07) is 0. The number of nitrogens with one attached hydrogen (secondary N) is 1. The number of aryl methyl sites for hydroxylation is 1. The summed E-state index contributed by atoms with van der Waals surface area (Å²) in [6.45, 7) is 4.75. The van der Waals surface area contributed by atoms with Crippen LogP contribution >= 0.6 is 0 Å². The average molecular weight is 301 g/mol. The molecule has 1 N–H and O–H groups in total. The highest BCUT2D eigenvalue weighted by molar-refractivity contribution is 7.88. The van der Waals surface area contributed by atoms with Gasteiger partial charge in [0.25, 0.3) is 0 Å². The number of hydrogen-bond acceptors (Lipinski definition) is 6. The van der Waals surface area contributed by atoms with Gasteiger partial charge in [0.2, 0.25) is 16.0 Å². The van der Waals surface area contributed by atoms with Crippen LogP contribution in [0.3, 0.4) is 0 Å². The van der Waals surface area contributed by atoms with Crippen LogP contribution in [0.5, 0.6) is 0 Å². The van der Waals surface area contributed by atoms with E-state index in [2.05, 4.69) is 15.3 Å². The van der Waals surface area contributed by atoms with Crippen LogP contribution in [0.15, 0.2) is 0 Å². The first-order valence-electron chi connectivity index (χ1n) is 6.30. The lowest BCUT2D eigenvalue weighted by molar-refractivity contribution is 0.486. The molecule has 1 heterocycles. The van der Waals surface area contributed by atoms with Crippen molar-refractivity contribution in [3.63, 3.8) is 0 Å². The van der Waals surface area contributed by atoms with E-state index in [9.17, 15) is 8.42 Å². The van der Waals surface area contributed by atoms with Crippen LogP contribution in [0.2, 0.25) is 0 Å². The maximum Gasteiger partial charge on any atom is 0.227 e. The van der Waals surface area contributed by atoms with Crippen LogP contribution in [0.1, 0.15) is 11.3 Å². The summed E-state index contributed by atoms with van der Waals surface area (Å²) in [7, 11) is 2.17. The van der Waals surface area contributed by atoms with Gasteiger partial charge in [-0.1, -0.05) is 0 Å². The second-order valence-corrected chi connectivity index (χ2v) is 7.08. The molecule has 7 nitrogen and oxygen atoms in total. The number of aromatic nitrogens is 2. The molecule has 114 valence electrons. The molecule has 0 radical (unpaired) electrons. The lowest BCUT2D eigenvalue weighted by atomic mass is 10.2. The second-order valence-electron chi connectivity index (χ2n) is 4.99. The van der Waals surface area contributed by atoms with Crippen molar-refractivity contribution in [2.45, 2.75) is 13.8 Å². The Hall–Kier alpha value is -1.41. The lowest BCUT2D eigenvalue weighted by Gasteiger charge is -2.18. The summed E-state index contributed by atoms with van der Waals surface area (Å²) >= 11 is 0. The predicted octanol–water partition coefficient (Wildman–Crippen LogP) is 0.463. The molecule has 0 saturated heterocycles. The summed E-state index contributed by atoms with van der Waals surface area (Å²) in [5.41, 5.74) is 1.88. The zero-order valence-corrected chi connectivity index (χ0v) is 13.7. The van der Waals surface area contributed by atoms with Gasteiger partial charge in [-0.3, -0.25) is 0 Å². The smallest absolute Gasteiger partial charge is 0.227 e. The molecule has 0 atom stereocenters. The molecule has 0 unspecified atom stereocenters. The largest absolute Gasteiger partial charge is 0.368 e. The highest BCUT2D eigenvalue weighted by atomic mass is 32.2. The van der Waals surface area contributed by atoms with E-state index in [4.69, 9.17) is 0 Å². The Balaban J connectivity index is 2.78. The zero-order chi connectivity index (χ0) is 15.5. The van der Waals surface area contributed by atoms with Crippen molar-refractivity contribution in [1.29, 1.82) is 0 Å². The maximum atomic E-state index is 11.3. The van der Waals surface area contributed by atoms with Crippen molar-refractivity contribution in [2.24, 2.45) is 0 Å². The minimum absolute atomic E-state index is 0.388. The van der Waals surface area contributed by atoms with E-state index >= 15 is 0 Å². The van der Waals surface area contributed by atoms with E-state index < -0.39 is 10.0 Å². The number of sulfonamides is 1. The van der Waals surface area contributed by atoms with E-state index in [1.54, 1.807) is 7.05 Å². The molecule has 0 spiro atoms. The summed E-state index contributed by atoms with van der Waals surface area (Å²) in [4.78, 5) is 10.6. The van der Waals surface area contributed by atoms with Crippen molar-refractivity contribution >= 4 is 21.8 Å². The first-order valence-corrected chi connectivity index (χ1v) is 8.15. The SMILES string of the molecule is Cc1nc(N(C)C)nc(NCCN(C)S(C)(=O)=O)c1C. The molecule has 1 rings (SSSR count). The molecule has 0 amide bonds. The van der Waals surface area contributed by atoms with Crippen molar-refractivity contribution in [3.8, 4) is 0 Å². The van der Waals surface area contributed by atoms with Crippen LogP contribution < -0.4 is 10.2 Å². The Morgan fingerprint density at radius 2 is 1.75 bits per heavy atom. The Bertz CT molecular complexity index is 571. The summed E-state index contributed by atoms with van der Waals surface area (Å²) < 4.78 is 23.9. The molecule has 8 heteroatoms. The van der Waals surface area contributed by atoms with E-state index in [0.29, 0.717) is 19.0 Å². The molecule has 1 aromatic rings. The molecular formula is C12H23N5O2S. The van der Waals surface area contributed by atoms with E-state index in [-0.39, 0.29) is 0 Å².